The van der Waals surface area contributed by atoms with Crippen LogP contribution >= 0.6 is 0 Å². The number of rotatable bonds is 13. The van der Waals surface area contributed by atoms with Gasteiger partial charge in [-0.05, 0) is 91.8 Å². The van der Waals surface area contributed by atoms with Crippen molar-refractivity contribution >= 4 is 18.2 Å². The Kier molecular flexibility index (Phi) is 20.9. The minimum atomic E-state index is -1.86. The molecule has 72 heavy (non-hydrogen) atoms. The Morgan fingerprint density at radius 1 is 0.806 bits per heavy atom. The van der Waals surface area contributed by atoms with E-state index in [1.54, 1.807) is 41.9 Å². The molecule has 0 bridgehead atoms. The van der Waals surface area contributed by atoms with E-state index in [0.717, 1.165) is 11.1 Å². The second-order valence-corrected chi connectivity index (χ2v) is 21.1. The molecule has 18 atom stereocenters. The lowest BCUT2D eigenvalue weighted by Crippen LogP contribution is -2.62. The summed E-state index contributed by atoms with van der Waals surface area (Å²) in [6, 6.07) is 16.9. The van der Waals surface area contributed by atoms with Crippen LogP contribution in [-0.4, -0.2) is 168 Å². The van der Waals surface area contributed by atoms with Crippen molar-refractivity contribution in [1.82, 2.24) is 9.80 Å². The number of amides is 1. The number of esters is 1. The van der Waals surface area contributed by atoms with Crippen molar-refractivity contribution in [3.63, 3.8) is 0 Å². The standard InChI is InChI=1S/C54H84N2O16/c1-15-41-54(10,62)45(57)36(6)55(11)29-32(2)27-53(9,64-14)47(34(4)43(35(5)48(59)69-41)70-42-28-52(8,63-13)46(58)37(7)68-42)72-49-44(71-51(61)66-31-39-24-20-17-21-25-39)40(26-33(3)67-49)56(12)50(60)65-30-38-22-18-16-19-23-38/h16-25,32-37,40-47,49,57-58,62H,15,26-31H2,1-14H3/t32-,33-,34+,35-,36-,37+,40+,41?,42+,43+,44-,45-,46+,47-,49+,52-,53-,54-/m1/s1. The molecule has 5 rings (SSSR count). The van der Waals surface area contributed by atoms with Gasteiger partial charge in [0.25, 0.3) is 0 Å². The van der Waals surface area contributed by atoms with E-state index in [9.17, 15) is 29.7 Å². The van der Waals surface area contributed by atoms with Crippen LogP contribution < -0.4 is 0 Å². The van der Waals surface area contributed by atoms with Crippen LogP contribution in [0, 0.1) is 17.8 Å². The van der Waals surface area contributed by atoms with Gasteiger partial charge in [0.1, 0.15) is 37.1 Å². The van der Waals surface area contributed by atoms with Gasteiger partial charge in [0.2, 0.25) is 0 Å². The topological polar surface area (TPSA) is 211 Å². The first kappa shape index (κ1) is 58.9. The third-order valence-corrected chi connectivity index (χ3v) is 15.4. The molecule has 3 fully saturated rings. The van der Waals surface area contributed by atoms with Gasteiger partial charge in [-0.3, -0.25) is 4.79 Å². The van der Waals surface area contributed by atoms with Crippen molar-refractivity contribution in [3.05, 3.63) is 71.8 Å². The summed E-state index contributed by atoms with van der Waals surface area (Å²) >= 11 is 0. The van der Waals surface area contributed by atoms with Gasteiger partial charge in [-0.15, -0.1) is 0 Å². The van der Waals surface area contributed by atoms with Crippen molar-refractivity contribution in [3.8, 4) is 0 Å². The van der Waals surface area contributed by atoms with Crippen LogP contribution in [0.25, 0.3) is 0 Å². The summed E-state index contributed by atoms with van der Waals surface area (Å²) < 4.78 is 63.4. The average Bonchev–Trinajstić information content (AvgIpc) is 3.36. The summed E-state index contributed by atoms with van der Waals surface area (Å²) in [4.78, 5) is 45.9. The Labute approximate surface area is 426 Å². The van der Waals surface area contributed by atoms with E-state index in [2.05, 4.69) is 0 Å². The molecule has 1 amide bonds. The van der Waals surface area contributed by atoms with Gasteiger partial charge in [0.05, 0.1) is 47.6 Å². The van der Waals surface area contributed by atoms with Gasteiger partial charge in [0, 0.05) is 46.2 Å². The molecule has 0 radical (unpaired) electrons. The predicted molar refractivity (Wildman–Crippen MR) is 265 cm³/mol. The monoisotopic (exact) mass is 1020 g/mol. The van der Waals surface area contributed by atoms with Crippen molar-refractivity contribution in [2.45, 2.75) is 198 Å². The molecular formula is C54H84N2O16. The molecule has 3 heterocycles. The maximum Gasteiger partial charge on any atom is 0.509 e. The highest BCUT2D eigenvalue weighted by molar-refractivity contribution is 5.73. The second kappa shape index (κ2) is 25.5. The number of aliphatic hydroxyl groups is 3. The number of carbonyl (C=O) groups is 3. The van der Waals surface area contributed by atoms with E-state index in [0.29, 0.717) is 13.0 Å². The zero-order chi connectivity index (χ0) is 53.3. The van der Waals surface area contributed by atoms with Gasteiger partial charge >= 0.3 is 18.2 Å². The highest BCUT2D eigenvalue weighted by Crippen LogP contribution is 2.42. The maximum absolute atomic E-state index is 14.7. The Bertz CT molecular complexity index is 2020. The van der Waals surface area contributed by atoms with Crippen molar-refractivity contribution in [1.29, 1.82) is 0 Å². The molecule has 0 spiro atoms. The van der Waals surface area contributed by atoms with Crippen LogP contribution in [0.2, 0.25) is 0 Å². The number of carbonyl (C=O) groups excluding carboxylic acids is 3. The van der Waals surface area contributed by atoms with Gasteiger partial charge in [-0.25, -0.2) is 9.59 Å². The molecule has 2 aromatic rings. The number of cyclic esters (lactones) is 1. The molecule has 0 aliphatic carbocycles. The molecule has 3 aliphatic heterocycles. The van der Waals surface area contributed by atoms with Crippen molar-refractivity contribution in [2.24, 2.45) is 17.8 Å². The number of nitrogens with zero attached hydrogens (tertiary/aromatic N) is 2. The van der Waals surface area contributed by atoms with Crippen LogP contribution in [0.4, 0.5) is 9.59 Å². The lowest BCUT2D eigenvalue weighted by molar-refractivity contribution is -0.319. The van der Waals surface area contributed by atoms with Crippen LogP contribution in [0.5, 0.6) is 0 Å². The van der Waals surface area contributed by atoms with Crippen LogP contribution in [0.3, 0.4) is 0 Å². The third kappa shape index (κ3) is 14.2. The minimum Gasteiger partial charge on any atom is -0.459 e. The first-order valence-corrected chi connectivity index (χ1v) is 25.4. The summed E-state index contributed by atoms with van der Waals surface area (Å²) in [5.41, 5.74) is -2.69. The number of likely N-dealkylation sites (N-methyl/N-ethyl adjacent to an activating group) is 2. The first-order valence-electron chi connectivity index (χ1n) is 25.4. The van der Waals surface area contributed by atoms with Gasteiger partial charge in [0.15, 0.2) is 18.7 Å². The smallest absolute Gasteiger partial charge is 0.459 e. The summed E-state index contributed by atoms with van der Waals surface area (Å²) in [6.45, 7) is 18.1. The van der Waals surface area contributed by atoms with Gasteiger partial charge in [-0.2, -0.15) is 0 Å². The molecule has 406 valence electrons. The highest BCUT2D eigenvalue weighted by Gasteiger charge is 2.54. The lowest BCUT2D eigenvalue weighted by Gasteiger charge is -2.50. The highest BCUT2D eigenvalue weighted by atomic mass is 16.8. The molecule has 18 heteroatoms. The van der Waals surface area contributed by atoms with Gasteiger partial charge in [-0.1, -0.05) is 81.4 Å². The molecule has 3 N–H and O–H groups in total. The second-order valence-electron chi connectivity index (χ2n) is 21.1. The number of ether oxygens (including phenoxy) is 10. The number of benzene rings is 2. The summed E-state index contributed by atoms with van der Waals surface area (Å²) in [6.07, 6.45) is -11.6. The SMILES string of the molecule is CCC1OC(=O)[C@H](C)[C@@H](O[C@H]2C[C@@](C)(OC)[C@@H](O)[C@H](C)O2)[C@H](C)[C@@H](O[C@@H]2O[C@H](C)C[C@H](N(C)C(=O)OCc3ccccc3)[C@H]2OC(=O)OCc2ccccc2)[C@](C)(OC)C[C@@H](C)CN(C)[C@H](C)[C@@H](O)[C@]1(C)O. The summed E-state index contributed by atoms with van der Waals surface area (Å²) in [7, 11) is 6.48. The summed E-state index contributed by atoms with van der Waals surface area (Å²) in [5.74, 6) is -2.81. The average molecular weight is 1020 g/mol. The molecule has 0 saturated carbocycles. The summed E-state index contributed by atoms with van der Waals surface area (Å²) in [5, 5.41) is 34.9. The third-order valence-electron chi connectivity index (χ3n) is 15.4. The van der Waals surface area contributed by atoms with Crippen LogP contribution in [0.1, 0.15) is 106 Å². The fourth-order valence-corrected chi connectivity index (χ4v) is 10.7. The Morgan fingerprint density at radius 3 is 1.96 bits per heavy atom. The van der Waals surface area contributed by atoms with E-state index >= 15 is 0 Å². The molecular weight excluding hydrogens is 933 g/mol. The molecule has 0 aromatic heterocycles. The molecule has 1 unspecified atom stereocenters. The van der Waals surface area contributed by atoms with Crippen molar-refractivity contribution in [2.75, 3.05) is 34.9 Å². The van der Waals surface area contributed by atoms with Gasteiger partial charge < -0.3 is 72.5 Å². The quantitative estimate of drug-likeness (QED) is 0.142. The zero-order valence-corrected chi connectivity index (χ0v) is 44.9. The fraction of sp³-hybridized carbons (Fsp3) is 0.722. The largest absolute Gasteiger partial charge is 0.509 e. The van der Waals surface area contributed by atoms with E-state index in [1.807, 2.05) is 107 Å². The number of aliphatic hydroxyl groups excluding tert-OH is 2. The zero-order valence-electron chi connectivity index (χ0n) is 44.9. The van der Waals surface area contributed by atoms with Crippen LogP contribution in [0.15, 0.2) is 60.7 Å². The Hall–Kier alpha value is -3.95. The van der Waals surface area contributed by atoms with E-state index in [-0.39, 0.29) is 38.4 Å². The van der Waals surface area contributed by atoms with E-state index < -0.39 is 120 Å². The van der Waals surface area contributed by atoms with E-state index in [4.69, 9.17) is 47.4 Å². The molecule has 2 aromatic carbocycles. The molecule has 3 aliphatic rings. The fourth-order valence-electron chi connectivity index (χ4n) is 10.7. The number of hydrogen-bond donors (Lipinski definition) is 3. The number of methoxy groups -OCH3 is 2. The first-order chi connectivity index (χ1) is 33.9. The minimum absolute atomic E-state index is 0.00517. The van der Waals surface area contributed by atoms with E-state index in [1.165, 1.54) is 18.9 Å². The predicted octanol–water partition coefficient (Wildman–Crippen LogP) is 6.62. The Balaban J connectivity index is 1.63. The lowest BCUT2D eigenvalue weighted by atomic mass is 9.77. The molecule has 18 nitrogen and oxygen atoms in total. The number of hydrogen-bond acceptors (Lipinski definition) is 17. The maximum atomic E-state index is 14.7. The molecule has 3 saturated heterocycles. The van der Waals surface area contributed by atoms with Crippen molar-refractivity contribution < 1.29 is 77.1 Å². The van der Waals surface area contributed by atoms with Crippen LogP contribution in [-0.2, 0) is 65.4 Å². The normalized spacial score (nSPS) is 38.6. The Morgan fingerprint density at radius 2 is 1.39 bits per heavy atom.